The first-order chi connectivity index (χ1) is 10.6. The van der Waals surface area contributed by atoms with Crippen LogP contribution in [-0.2, 0) is 0 Å². The van der Waals surface area contributed by atoms with Gasteiger partial charge in [-0.2, -0.15) is 0 Å². The molecule has 0 radical (unpaired) electrons. The Hall–Kier alpha value is -2.11. The quantitative estimate of drug-likeness (QED) is 0.896. The zero-order valence-electron chi connectivity index (χ0n) is 13.1. The molecular formula is C16H22N4O2. The topological polar surface area (TPSA) is 65.5 Å². The lowest BCUT2D eigenvalue weighted by Crippen LogP contribution is -2.50. The Morgan fingerprint density at radius 3 is 2.82 bits per heavy atom. The molecule has 1 N–H and O–H groups in total. The molecule has 0 bridgehead atoms. The average molecular weight is 302 g/mol. The molecule has 22 heavy (non-hydrogen) atoms. The number of carbonyl (C=O) groups excluding carboxylic acids is 2. The molecule has 118 valence electrons. The molecule has 0 aliphatic carbocycles. The van der Waals surface area contributed by atoms with Crippen LogP contribution in [0.25, 0.3) is 0 Å². The van der Waals surface area contributed by atoms with E-state index < -0.39 is 0 Å². The van der Waals surface area contributed by atoms with E-state index >= 15 is 0 Å². The first-order valence-corrected chi connectivity index (χ1v) is 7.84. The Kier molecular flexibility index (Phi) is 4.00. The van der Waals surface area contributed by atoms with E-state index in [0.717, 1.165) is 37.3 Å². The van der Waals surface area contributed by atoms with Crippen molar-refractivity contribution >= 4 is 11.9 Å². The van der Waals surface area contributed by atoms with Crippen LogP contribution in [0.5, 0.6) is 0 Å². The van der Waals surface area contributed by atoms with Gasteiger partial charge in [0.25, 0.3) is 5.91 Å². The summed E-state index contributed by atoms with van der Waals surface area (Å²) >= 11 is 0. The number of nitrogens with one attached hydrogen (secondary N) is 1. The molecule has 0 aromatic carbocycles. The summed E-state index contributed by atoms with van der Waals surface area (Å²) in [6.07, 6.45) is 1.89. The predicted octanol–water partition coefficient (Wildman–Crippen LogP) is 1.33. The van der Waals surface area contributed by atoms with E-state index in [1.807, 2.05) is 35.8 Å². The summed E-state index contributed by atoms with van der Waals surface area (Å²) in [5, 5.41) is 2.83. The number of aryl methyl sites for hydroxylation is 2. The SMILES string of the molecule is Cc1ccc(C(=O)N2CCCC(N3CCNC3=O)C2)c(C)n1. The van der Waals surface area contributed by atoms with Crippen molar-refractivity contribution in [2.45, 2.75) is 32.7 Å². The van der Waals surface area contributed by atoms with Crippen molar-refractivity contribution in [3.8, 4) is 0 Å². The van der Waals surface area contributed by atoms with Crippen LogP contribution in [0.2, 0.25) is 0 Å². The molecule has 6 heteroatoms. The molecule has 3 amide bonds. The van der Waals surface area contributed by atoms with Crippen LogP contribution in [0.4, 0.5) is 4.79 Å². The lowest BCUT2D eigenvalue weighted by atomic mass is 10.0. The van der Waals surface area contributed by atoms with E-state index in [1.54, 1.807) is 0 Å². The molecule has 1 unspecified atom stereocenters. The molecule has 2 fully saturated rings. The first-order valence-electron chi connectivity index (χ1n) is 7.84. The highest BCUT2D eigenvalue weighted by Crippen LogP contribution is 2.20. The largest absolute Gasteiger partial charge is 0.337 e. The Labute approximate surface area is 130 Å². The number of carbonyl (C=O) groups is 2. The van der Waals surface area contributed by atoms with Crippen LogP contribution in [-0.4, -0.2) is 58.9 Å². The molecular weight excluding hydrogens is 280 g/mol. The first kappa shape index (κ1) is 14.8. The van der Waals surface area contributed by atoms with Gasteiger partial charge in [-0.3, -0.25) is 9.78 Å². The third-order valence-corrected chi connectivity index (χ3v) is 4.47. The molecule has 1 aromatic heterocycles. The van der Waals surface area contributed by atoms with Crippen molar-refractivity contribution in [3.63, 3.8) is 0 Å². The van der Waals surface area contributed by atoms with Gasteiger partial charge in [-0.25, -0.2) is 4.79 Å². The van der Waals surface area contributed by atoms with Gasteiger partial charge in [0, 0.05) is 31.9 Å². The normalized spacial score (nSPS) is 21.9. The summed E-state index contributed by atoms with van der Waals surface area (Å²) in [5.74, 6) is 0.0225. The van der Waals surface area contributed by atoms with Gasteiger partial charge in [0.05, 0.1) is 17.3 Å². The summed E-state index contributed by atoms with van der Waals surface area (Å²) in [7, 11) is 0. The summed E-state index contributed by atoms with van der Waals surface area (Å²) in [4.78, 5) is 32.7. The number of urea groups is 1. The fourth-order valence-electron chi connectivity index (χ4n) is 3.31. The number of piperidine rings is 1. The minimum Gasteiger partial charge on any atom is -0.337 e. The zero-order chi connectivity index (χ0) is 15.7. The van der Waals surface area contributed by atoms with E-state index in [-0.39, 0.29) is 18.0 Å². The zero-order valence-corrected chi connectivity index (χ0v) is 13.1. The van der Waals surface area contributed by atoms with Crippen molar-refractivity contribution in [1.82, 2.24) is 20.1 Å². The molecule has 2 aliphatic heterocycles. The molecule has 2 saturated heterocycles. The lowest BCUT2D eigenvalue weighted by molar-refractivity contribution is 0.0633. The second-order valence-corrected chi connectivity index (χ2v) is 6.06. The summed E-state index contributed by atoms with van der Waals surface area (Å²) < 4.78 is 0. The van der Waals surface area contributed by atoms with Gasteiger partial charge in [-0.05, 0) is 38.8 Å². The lowest BCUT2D eigenvalue weighted by Gasteiger charge is -2.37. The number of likely N-dealkylation sites (tertiary alicyclic amines) is 1. The molecule has 1 aromatic rings. The summed E-state index contributed by atoms with van der Waals surface area (Å²) in [6.45, 7) is 6.58. The van der Waals surface area contributed by atoms with Crippen LogP contribution in [0.15, 0.2) is 12.1 Å². The van der Waals surface area contributed by atoms with Gasteiger partial charge < -0.3 is 15.1 Å². The van der Waals surface area contributed by atoms with Crippen LogP contribution >= 0.6 is 0 Å². The van der Waals surface area contributed by atoms with Crippen molar-refractivity contribution in [3.05, 3.63) is 29.1 Å². The van der Waals surface area contributed by atoms with Crippen LogP contribution in [0.1, 0.15) is 34.6 Å². The average Bonchev–Trinajstić information content (AvgIpc) is 2.93. The molecule has 3 rings (SSSR count). The number of hydrogen-bond donors (Lipinski definition) is 1. The number of aromatic nitrogens is 1. The fraction of sp³-hybridized carbons (Fsp3) is 0.562. The minimum atomic E-state index is -0.00696. The second kappa shape index (κ2) is 5.94. The van der Waals surface area contributed by atoms with E-state index in [9.17, 15) is 9.59 Å². The number of pyridine rings is 1. The third kappa shape index (κ3) is 2.77. The van der Waals surface area contributed by atoms with Crippen molar-refractivity contribution in [2.75, 3.05) is 26.2 Å². The molecule has 6 nitrogen and oxygen atoms in total. The Morgan fingerprint density at radius 2 is 2.14 bits per heavy atom. The maximum Gasteiger partial charge on any atom is 0.317 e. The monoisotopic (exact) mass is 302 g/mol. The van der Waals surface area contributed by atoms with E-state index in [4.69, 9.17) is 0 Å². The van der Waals surface area contributed by atoms with Gasteiger partial charge >= 0.3 is 6.03 Å². The summed E-state index contributed by atoms with van der Waals surface area (Å²) in [5.41, 5.74) is 2.35. The highest BCUT2D eigenvalue weighted by molar-refractivity contribution is 5.95. The third-order valence-electron chi connectivity index (χ3n) is 4.47. The van der Waals surface area contributed by atoms with Gasteiger partial charge in [-0.1, -0.05) is 0 Å². The van der Waals surface area contributed by atoms with Crippen molar-refractivity contribution in [1.29, 1.82) is 0 Å². The molecule has 0 spiro atoms. The van der Waals surface area contributed by atoms with Gasteiger partial charge in [0.15, 0.2) is 0 Å². The Bertz CT molecular complexity index is 602. The predicted molar refractivity (Wildman–Crippen MR) is 82.7 cm³/mol. The smallest absolute Gasteiger partial charge is 0.317 e. The van der Waals surface area contributed by atoms with Crippen LogP contribution < -0.4 is 5.32 Å². The number of rotatable bonds is 2. The number of amides is 3. The van der Waals surface area contributed by atoms with E-state index in [2.05, 4.69) is 10.3 Å². The maximum absolute atomic E-state index is 12.7. The van der Waals surface area contributed by atoms with Gasteiger partial charge in [-0.15, -0.1) is 0 Å². The van der Waals surface area contributed by atoms with Gasteiger partial charge in [0.1, 0.15) is 0 Å². The minimum absolute atomic E-state index is 0.00696. The molecule has 2 aliphatic rings. The standard InChI is InChI=1S/C16H22N4O2/c1-11-5-6-14(12(2)18-11)15(21)19-8-3-4-13(10-19)20-9-7-17-16(20)22/h5-6,13H,3-4,7-10H2,1-2H3,(H,17,22). The molecule has 0 saturated carbocycles. The summed E-state index contributed by atoms with van der Waals surface area (Å²) in [6, 6.07) is 3.84. The number of hydrogen-bond acceptors (Lipinski definition) is 3. The second-order valence-electron chi connectivity index (χ2n) is 6.06. The highest BCUT2D eigenvalue weighted by Gasteiger charge is 2.33. The Balaban J connectivity index is 1.73. The van der Waals surface area contributed by atoms with E-state index in [0.29, 0.717) is 18.7 Å². The highest BCUT2D eigenvalue weighted by atomic mass is 16.2. The molecule has 1 atom stereocenters. The van der Waals surface area contributed by atoms with E-state index in [1.165, 1.54) is 0 Å². The fourth-order valence-corrected chi connectivity index (χ4v) is 3.31. The maximum atomic E-state index is 12.7. The molecule has 3 heterocycles. The van der Waals surface area contributed by atoms with Crippen LogP contribution in [0, 0.1) is 13.8 Å². The van der Waals surface area contributed by atoms with Crippen molar-refractivity contribution in [2.24, 2.45) is 0 Å². The number of nitrogens with zero attached hydrogens (tertiary/aromatic N) is 3. The van der Waals surface area contributed by atoms with Gasteiger partial charge in [0.2, 0.25) is 0 Å². The van der Waals surface area contributed by atoms with Crippen molar-refractivity contribution < 1.29 is 9.59 Å². The Morgan fingerprint density at radius 1 is 1.32 bits per heavy atom. The van der Waals surface area contributed by atoms with Crippen LogP contribution in [0.3, 0.4) is 0 Å².